The summed E-state index contributed by atoms with van der Waals surface area (Å²) < 4.78 is 15.4. The van der Waals surface area contributed by atoms with Crippen molar-refractivity contribution >= 4 is 40.2 Å². The molecule has 3 rings (SSSR count). The summed E-state index contributed by atoms with van der Waals surface area (Å²) in [5, 5.41) is 6.67. The van der Waals surface area contributed by atoms with Crippen LogP contribution in [0.1, 0.15) is 20.2 Å². The van der Waals surface area contributed by atoms with E-state index in [4.69, 9.17) is 14.2 Å². The van der Waals surface area contributed by atoms with Crippen LogP contribution < -0.4 is 14.8 Å². The Kier molecular flexibility index (Phi) is 5.72. The summed E-state index contributed by atoms with van der Waals surface area (Å²) in [6.07, 6.45) is 0. The molecule has 1 amide bonds. The highest BCUT2D eigenvalue weighted by molar-refractivity contribution is 7.13. The van der Waals surface area contributed by atoms with Crippen LogP contribution in [0.2, 0.25) is 0 Å². The van der Waals surface area contributed by atoms with Crippen LogP contribution in [-0.4, -0.2) is 38.2 Å². The molecular formula is C18H16N2O5S2. The maximum absolute atomic E-state index is 12.5. The van der Waals surface area contributed by atoms with E-state index >= 15 is 0 Å². The van der Waals surface area contributed by atoms with Gasteiger partial charge >= 0.3 is 5.97 Å². The number of rotatable bonds is 6. The van der Waals surface area contributed by atoms with E-state index in [9.17, 15) is 9.59 Å². The van der Waals surface area contributed by atoms with Crippen LogP contribution in [0.15, 0.2) is 35.0 Å². The van der Waals surface area contributed by atoms with Crippen molar-refractivity contribution in [2.75, 3.05) is 26.6 Å². The predicted octanol–water partition coefficient (Wildman–Crippen LogP) is 3.93. The first-order valence-electron chi connectivity index (χ1n) is 7.73. The van der Waals surface area contributed by atoms with E-state index in [0.717, 1.165) is 5.56 Å². The number of nitrogens with one attached hydrogen (secondary N) is 1. The normalized spacial score (nSPS) is 10.3. The van der Waals surface area contributed by atoms with Gasteiger partial charge in [0.2, 0.25) is 0 Å². The molecule has 0 fully saturated rings. The molecule has 9 heteroatoms. The summed E-state index contributed by atoms with van der Waals surface area (Å²) in [4.78, 5) is 29.0. The van der Waals surface area contributed by atoms with Gasteiger partial charge in [-0.3, -0.25) is 4.79 Å². The highest BCUT2D eigenvalue weighted by atomic mass is 32.1. The molecule has 0 saturated heterocycles. The second kappa shape index (κ2) is 8.19. The lowest BCUT2D eigenvalue weighted by Gasteiger charge is -2.10. The first-order valence-corrected chi connectivity index (χ1v) is 9.49. The molecule has 0 aliphatic carbocycles. The van der Waals surface area contributed by atoms with Crippen molar-refractivity contribution in [2.45, 2.75) is 0 Å². The van der Waals surface area contributed by atoms with Gasteiger partial charge in [-0.15, -0.1) is 22.7 Å². The van der Waals surface area contributed by atoms with E-state index in [0.29, 0.717) is 27.1 Å². The summed E-state index contributed by atoms with van der Waals surface area (Å²) >= 11 is 2.50. The van der Waals surface area contributed by atoms with Gasteiger partial charge in [0.15, 0.2) is 11.5 Å². The number of esters is 1. The van der Waals surface area contributed by atoms with Crippen molar-refractivity contribution in [2.24, 2.45) is 0 Å². The minimum absolute atomic E-state index is 0.238. The smallest absolute Gasteiger partial charge is 0.350 e. The number of aromatic nitrogens is 1. The number of carbonyl (C=O) groups excluding carboxylic acids is 2. The number of hydrogen-bond donors (Lipinski definition) is 1. The highest BCUT2D eigenvalue weighted by Crippen LogP contribution is 2.39. The van der Waals surface area contributed by atoms with Gasteiger partial charge in [0.25, 0.3) is 5.91 Å². The molecule has 0 radical (unpaired) electrons. The number of nitrogens with zero attached hydrogens (tertiary/aromatic N) is 1. The lowest BCUT2D eigenvalue weighted by Crippen LogP contribution is -2.14. The molecule has 0 saturated carbocycles. The standard InChI is InChI=1S/C18H16N2O5S2/c1-23-13-6-4-5-10(14(13)24-2)17-20-12(9-27-17)16(21)19-11-7-8-26-15(11)18(22)25-3/h4-9H,1-3H3,(H,19,21). The van der Waals surface area contributed by atoms with E-state index in [2.05, 4.69) is 10.3 Å². The fourth-order valence-corrected chi connectivity index (χ4v) is 3.99. The van der Waals surface area contributed by atoms with Gasteiger partial charge in [-0.05, 0) is 23.6 Å². The van der Waals surface area contributed by atoms with Crippen LogP contribution >= 0.6 is 22.7 Å². The van der Waals surface area contributed by atoms with E-state index in [1.165, 1.54) is 29.8 Å². The number of methoxy groups -OCH3 is 3. The van der Waals surface area contributed by atoms with Crippen LogP contribution in [0.4, 0.5) is 5.69 Å². The molecule has 27 heavy (non-hydrogen) atoms. The summed E-state index contributed by atoms with van der Waals surface area (Å²) in [7, 11) is 4.40. The Labute approximate surface area is 163 Å². The van der Waals surface area contributed by atoms with Crippen molar-refractivity contribution in [1.29, 1.82) is 0 Å². The molecular weight excluding hydrogens is 388 g/mol. The third-order valence-electron chi connectivity index (χ3n) is 3.65. The molecule has 0 aliphatic heterocycles. The number of carbonyl (C=O) groups is 2. The van der Waals surface area contributed by atoms with Crippen LogP contribution in [-0.2, 0) is 4.74 Å². The summed E-state index contributed by atoms with van der Waals surface area (Å²) in [5.41, 5.74) is 1.36. The Morgan fingerprint density at radius 1 is 1.07 bits per heavy atom. The summed E-state index contributed by atoms with van der Waals surface area (Å²) in [5.74, 6) is 0.215. The van der Waals surface area contributed by atoms with E-state index in [1.807, 2.05) is 12.1 Å². The minimum Gasteiger partial charge on any atom is -0.493 e. The Morgan fingerprint density at radius 2 is 1.89 bits per heavy atom. The van der Waals surface area contributed by atoms with E-state index in [1.54, 1.807) is 37.1 Å². The van der Waals surface area contributed by atoms with E-state index in [-0.39, 0.29) is 5.69 Å². The van der Waals surface area contributed by atoms with Gasteiger partial charge in [0.1, 0.15) is 15.6 Å². The average Bonchev–Trinajstić information content (AvgIpc) is 3.36. The van der Waals surface area contributed by atoms with Gasteiger partial charge in [0.05, 0.1) is 32.6 Å². The van der Waals surface area contributed by atoms with Crippen LogP contribution in [0.5, 0.6) is 11.5 Å². The maximum atomic E-state index is 12.5. The molecule has 2 aromatic heterocycles. The predicted molar refractivity (Wildman–Crippen MR) is 104 cm³/mol. The molecule has 0 unspecified atom stereocenters. The number of thiophene rings is 1. The number of benzene rings is 1. The molecule has 1 aromatic carbocycles. The average molecular weight is 404 g/mol. The van der Waals surface area contributed by atoms with Gasteiger partial charge in [-0.1, -0.05) is 6.07 Å². The Morgan fingerprint density at radius 3 is 2.59 bits per heavy atom. The number of para-hydroxylation sites is 1. The van der Waals surface area contributed by atoms with Gasteiger partial charge in [-0.2, -0.15) is 0 Å². The second-order valence-corrected chi connectivity index (χ2v) is 6.96. The monoisotopic (exact) mass is 404 g/mol. The number of thiazole rings is 1. The zero-order valence-corrected chi connectivity index (χ0v) is 16.4. The lowest BCUT2D eigenvalue weighted by molar-refractivity contribution is 0.0607. The largest absolute Gasteiger partial charge is 0.493 e. The fraction of sp³-hybridized carbons (Fsp3) is 0.167. The number of anilines is 1. The summed E-state index contributed by atoms with van der Waals surface area (Å²) in [6.45, 7) is 0. The minimum atomic E-state index is -0.500. The number of amides is 1. The molecule has 2 heterocycles. The summed E-state index contributed by atoms with van der Waals surface area (Å²) in [6, 6.07) is 7.10. The van der Waals surface area contributed by atoms with Gasteiger partial charge < -0.3 is 19.5 Å². The number of ether oxygens (including phenoxy) is 3. The quantitative estimate of drug-likeness (QED) is 0.627. The third-order valence-corrected chi connectivity index (χ3v) is 5.42. The zero-order valence-electron chi connectivity index (χ0n) is 14.8. The molecule has 3 aromatic rings. The lowest BCUT2D eigenvalue weighted by atomic mass is 10.2. The molecule has 7 nitrogen and oxygen atoms in total. The van der Waals surface area contributed by atoms with Crippen molar-refractivity contribution < 1.29 is 23.8 Å². The first-order chi connectivity index (χ1) is 13.1. The SMILES string of the molecule is COC(=O)c1sccc1NC(=O)c1csc(-c2cccc(OC)c2OC)n1. The van der Waals surface area contributed by atoms with E-state index < -0.39 is 11.9 Å². The molecule has 0 aliphatic rings. The maximum Gasteiger partial charge on any atom is 0.350 e. The van der Waals surface area contributed by atoms with Crippen LogP contribution in [0.25, 0.3) is 10.6 Å². The van der Waals surface area contributed by atoms with Crippen molar-refractivity contribution in [1.82, 2.24) is 4.98 Å². The van der Waals surface area contributed by atoms with Crippen LogP contribution in [0, 0.1) is 0 Å². The number of hydrogen-bond acceptors (Lipinski definition) is 8. The molecule has 140 valence electrons. The first kappa shape index (κ1) is 18.9. The fourth-order valence-electron chi connectivity index (χ4n) is 2.40. The Bertz CT molecular complexity index is 980. The van der Waals surface area contributed by atoms with Crippen molar-refractivity contribution in [3.05, 3.63) is 45.6 Å². The second-order valence-electron chi connectivity index (χ2n) is 5.19. The topological polar surface area (TPSA) is 86.8 Å². The van der Waals surface area contributed by atoms with Gasteiger partial charge in [0, 0.05) is 5.38 Å². The van der Waals surface area contributed by atoms with Gasteiger partial charge in [-0.25, -0.2) is 9.78 Å². The highest BCUT2D eigenvalue weighted by Gasteiger charge is 2.20. The molecule has 0 bridgehead atoms. The Balaban J connectivity index is 1.86. The molecule has 1 N–H and O–H groups in total. The Hall–Kier alpha value is -2.91. The molecule has 0 atom stereocenters. The molecule has 0 spiro atoms. The van der Waals surface area contributed by atoms with Crippen molar-refractivity contribution in [3.8, 4) is 22.1 Å². The van der Waals surface area contributed by atoms with Crippen LogP contribution in [0.3, 0.4) is 0 Å². The zero-order chi connectivity index (χ0) is 19.4. The van der Waals surface area contributed by atoms with Crippen molar-refractivity contribution in [3.63, 3.8) is 0 Å². The third kappa shape index (κ3) is 3.79.